The number of rotatable bonds is 3. The summed E-state index contributed by atoms with van der Waals surface area (Å²) in [6, 6.07) is 4.46. The fraction of sp³-hybridized carbons (Fsp3) is 0.643. The molecule has 100 valence electrons. The molecule has 1 aliphatic carbocycles. The van der Waals surface area contributed by atoms with E-state index in [-0.39, 0.29) is 0 Å². The molecule has 1 aromatic heterocycles. The zero-order valence-corrected chi connectivity index (χ0v) is 12.5. The maximum Gasteiger partial charge on any atom is 0.128 e. The molecule has 2 atom stereocenters. The van der Waals surface area contributed by atoms with Crippen LogP contribution < -0.4 is 4.90 Å². The van der Waals surface area contributed by atoms with E-state index in [1.807, 2.05) is 12.1 Å². The van der Waals surface area contributed by atoms with Crippen molar-refractivity contribution in [1.82, 2.24) is 4.98 Å². The normalized spacial score (nSPS) is 24.0. The molecule has 2 unspecified atom stereocenters. The second kappa shape index (κ2) is 6.12. The van der Waals surface area contributed by atoms with Gasteiger partial charge in [0, 0.05) is 13.1 Å². The maximum absolute atomic E-state index is 6.05. The van der Waals surface area contributed by atoms with Crippen molar-refractivity contribution in [3.8, 4) is 0 Å². The van der Waals surface area contributed by atoms with Gasteiger partial charge in [0.25, 0.3) is 0 Å². The molecule has 1 saturated carbocycles. The number of alkyl halides is 1. The summed E-state index contributed by atoms with van der Waals surface area (Å²) in [5.74, 6) is 2.07. The van der Waals surface area contributed by atoms with Crippen LogP contribution >= 0.6 is 23.2 Å². The van der Waals surface area contributed by atoms with Gasteiger partial charge in [-0.15, -0.1) is 11.6 Å². The lowest BCUT2D eigenvalue weighted by Crippen LogP contribution is -2.39. The SMILES string of the molecule is CC1CCCCC1N(C)c1ccc(Cl)c(CCl)n1. The third kappa shape index (κ3) is 2.92. The molecule has 0 radical (unpaired) electrons. The lowest BCUT2D eigenvalue weighted by molar-refractivity contribution is 0.320. The summed E-state index contributed by atoms with van der Waals surface area (Å²) in [6.07, 6.45) is 5.23. The minimum Gasteiger partial charge on any atom is -0.356 e. The Morgan fingerprint density at radius 1 is 1.33 bits per heavy atom. The van der Waals surface area contributed by atoms with Crippen molar-refractivity contribution >= 4 is 29.0 Å². The molecule has 1 fully saturated rings. The van der Waals surface area contributed by atoms with Gasteiger partial charge in [0.2, 0.25) is 0 Å². The summed E-state index contributed by atoms with van der Waals surface area (Å²) in [5.41, 5.74) is 0.770. The van der Waals surface area contributed by atoms with E-state index in [9.17, 15) is 0 Å². The molecule has 0 bridgehead atoms. The van der Waals surface area contributed by atoms with Gasteiger partial charge in [0.1, 0.15) is 5.82 Å². The van der Waals surface area contributed by atoms with Crippen LogP contribution in [0.5, 0.6) is 0 Å². The van der Waals surface area contributed by atoms with Gasteiger partial charge in [-0.05, 0) is 30.9 Å². The first kappa shape index (κ1) is 14.0. The Morgan fingerprint density at radius 3 is 2.72 bits per heavy atom. The van der Waals surface area contributed by atoms with Crippen LogP contribution in [0.2, 0.25) is 5.02 Å². The molecular weight excluding hydrogens is 267 g/mol. The molecule has 0 saturated heterocycles. The number of hydrogen-bond donors (Lipinski definition) is 0. The van der Waals surface area contributed by atoms with E-state index < -0.39 is 0 Å². The van der Waals surface area contributed by atoms with Crippen LogP contribution in [0.25, 0.3) is 0 Å². The van der Waals surface area contributed by atoms with Crippen LogP contribution in [0.3, 0.4) is 0 Å². The van der Waals surface area contributed by atoms with Crippen LogP contribution in [0.4, 0.5) is 5.82 Å². The van der Waals surface area contributed by atoms with E-state index in [1.54, 1.807) is 0 Å². The molecule has 2 nitrogen and oxygen atoms in total. The van der Waals surface area contributed by atoms with E-state index in [4.69, 9.17) is 23.2 Å². The van der Waals surface area contributed by atoms with Gasteiger partial charge < -0.3 is 4.90 Å². The average Bonchev–Trinajstić information content (AvgIpc) is 2.39. The molecule has 1 heterocycles. The van der Waals surface area contributed by atoms with Crippen LogP contribution in [0.15, 0.2) is 12.1 Å². The Kier molecular flexibility index (Phi) is 4.74. The Balaban J connectivity index is 2.19. The van der Waals surface area contributed by atoms with Crippen molar-refractivity contribution in [3.63, 3.8) is 0 Å². The first-order valence-corrected chi connectivity index (χ1v) is 7.49. The van der Waals surface area contributed by atoms with Gasteiger partial charge in [0.15, 0.2) is 0 Å². The zero-order chi connectivity index (χ0) is 13.1. The zero-order valence-electron chi connectivity index (χ0n) is 11.0. The quantitative estimate of drug-likeness (QED) is 0.761. The minimum atomic E-state index is 0.362. The van der Waals surface area contributed by atoms with Gasteiger partial charge in [-0.2, -0.15) is 0 Å². The maximum atomic E-state index is 6.05. The summed E-state index contributed by atoms with van der Waals surface area (Å²) in [7, 11) is 2.13. The predicted molar refractivity (Wildman–Crippen MR) is 78.6 cm³/mol. The van der Waals surface area contributed by atoms with E-state index in [2.05, 4.69) is 23.9 Å². The molecule has 2 rings (SSSR count). The third-order valence-electron chi connectivity index (χ3n) is 3.96. The number of halogens is 2. The molecule has 0 N–H and O–H groups in total. The van der Waals surface area contributed by atoms with E-state index in [0.29, 0.717) is 16.9 Å². The molecule has 4 heteroatoms. The van der Waals surface area contributed by atoms with E-state index >= 15 is 0 Å². The van der Waals surface area contributed by atoms with Crippen molar-refractivity contribution in [2.45, 2.75) is 44.5 Å². The fourth-order valence-electron chi connectivity index (χ4n) is 2.80. The van der Waals surface area contributed by atoms with Gasteiger partial charge in [-0.1, -0.05) is 31.4 Å². The molecular formula is C14H20Cl2N2. The van der Waals surface area contributed by atoms with Crippen LogP contribution in [-0.2, 0) is 5.88 Å². The number of nitrogens with zero attached hydrogens (tertiary/aromatic N) is 2. The molecule has 0 aromatic carbocycles. The standard InChI is InChI=1S/C14H20Cl2N2/c1-10-5-3-4-6-13(10)18(2)14-8-7-11(16)12(9-15)17-14/h7-8,10,13H,3-6,9H2,1-2H3. The van der Waals surface area contributed by atoms with Gasteiger partial charge in [-0.25, -0.2) is 4.98 Å². The van der Waals surface area contributed by atoms with E-state index in [1.165, 1.54) is 25.7 Å². The van der Waals surface area contributed by atoms with Gasteiger partial charge >= 0.3 is 0 Å². The lowest BCUT2D eigenvalue weighted by Gasteiger charge is -2.37. The summed E-state index contributed by atoms with van der Waals surface area (Å²) >= 11 is 11.9. The van der Waals surface area contributed by atoms with Crippen molar-refractivity contribution < 1.29 is 0 Å². The Morgan fingerprint density at radius 2 is 2.06 bits per heavy atom. The van der Waals surface area contributed by atoms with Crippen molar-refractivity contribution in [2.75, 3.05) is 11.9 Å². The molecule has 0 amide bonds. The first-order valence-electron chi connectivity index (χ1n) is 6.57. The molecule has 1 aliphatic rings. The van der Waals surface area contributed by atoms with E-state index in [0.717, 1.165) is 17.4 Å². The van der Waals surface area contributed by atoms with Crippen molar-refractivity contribution in [3.05, 3.63) is 22.8 Å². The molecule has 1 aromatic rings. The third-order valence-corrected chi connectivity index (χ3v) is 4.55. The highest BCUT2D eigenvalue weighted by Gasteiger charge is 2.25. The number of aromatic nitrogens is 1. The first-order chi connectivity index (χ1) is 8.63. The summed E-state index contributed by atoms with van der Waals surface area (Å²) in [6.45, 7) is 2.33. The summed E-state index contributed by atoms with van der Waals surface area (Å²) in [4.78, 5) is 6.85. The average molecular weight is 287 g/mol. The van der Waals surface area contributed by atoms with Gasteiger partial charge in [0.05, 0.1) is 16.6 Å². The van der Waals surface area contributed by atoms with Crippen LogP contribution in [0.1, 0.15) is 38.3 Å². The summed E-state index contributed by atoms with van der Waals surface area (Å²) in [5, 5.41) is 0.652. The molecule has 0 aliphatic heterocycles. The van der Waals surface area contributed by atoms with Crippen molar-refractivity contribution in [1.29, 1.82) is 0 Å². The predicted octanol–water partition coefficient (Wildman–Crippen LogP) is 4.49. The van der Waals surface area contributed by atoms with Crippen molar-refractivity contribution in [2.24, 2.45) is 5.92 Å². The largest absolute Gasteiger partial charge is 0.356 e. The topological polar surface area (TPSA) is 16.1 Å². The Bertz CT molecular complexity index is 409. The highest BCUT2D eigenvalue weighted by atomic mass is 35.5. The number of anilines is 1. The fourth-order valence-corrected chi connectivity index (χ4v) is 3.25. The Labute approximate surface area is 119 Å². The van der Waals surface area contributed by atoms with Crippen LogP contribution in [-0.4, -0.2) is 18.1 Å². The Hall–Kier alpha value is -0.470. The lowest BCUT2D eigenvalue weighted by atomic mass is 9.85. The number of pyridine rings is 1. The molecule has 0 spiro atoms. The molecule has 18 heavy (non-hydrogen) atoms. The van der Waals surface area contributed by atoms with Crippen LogP contribution in [0, 0.1) is 5.92 Å². The smallest absolute Gasteiger partial charge is 0.128 e. The summed E-state index contributed by atoms with van der Waals surface area (Å²) < 4.78 is 0. The second-order valence-electron chi connectivity index (χ2n) is 5.17. The number of hydrogen-bond acceptors (Lipinski definition) is 2. The van der Waals surface area contributed by atoms with Gasteiger partial charge in [-0.3, -0.25) is 0 Å². The monoisotopic (exact) mass is 286 g/mol. The highest BCUT2D eigenvalue weighted by molar-refractivity contribution is 6.32. The second-order valence-corrected chi connectivity index (χ2v) is 5.85. The minimum absolute atomic E-state index is 0.362. The highest BCUT2D eigenvalue weighted by Crippen LogP contribution is 2.30.